The molecule has 7 heteroatoms. The molecule has 0 unspecified atom stereocenters. The molecule has 0 aliphatic carbocycles. The zero-order chi connectivity index (χ0) is 18.0. The molecule has 1 aliphatic rings. The van der Waals surface area contributed by atoms with Crippen molar-refractivity contribution < 1.29 is 14.7 Å². The fourth-order valence-corrected chi connectivity index (χ4v) is 3.45. The number of carboxylic acid groups (broad SMARTS) is 1. The summed E-state index contributed by atoms with van der Waals surface area (Å²) < 4.78 is 0.931. The highest BCUT2D eigenvalue weighted by molar-refractivity contribution is 9.10. The summed E-state index contributed by atoms with van der Waals surface area (Å²) >= 11 is 4.63. The second kappa shape index (κ2) is 7.25. The number of hydrogen-bond acceptors (Lipinski definition) is 4. The minimum absolute atomic E-state index is 0.157. The van der Waals surface area contributed by atoms with E-state index in [9.17, 15) is 9.59 Å². The van der Waals surface area contributed by atoms with Crippen molar-refractivity contribution in [3.05, 3.63) is 68.5 Å². The Kier molecular flexibility index (Phi) is 5.06. The first-order valence-corrected chi connectivity index (χ1v) is 8.92. The Hall–Kier alpha value is -2.38. The summed E-state index contributed by atoms with van der Waals surface area (Å²) in [6.45, 7) is 1.84. The van der Waals surface area contributed by atoms with E-state index in [1.54, 1.807) is 12.1 Å². The zero-order valence-electron chi connectivity index (χ0n) is 13.1. The Morgan fingerprint density at radius 1 is 1.28 bits per heavy atom. The number of amides is 1. The zero-order valence-corrected chi connectivity index (χ0v) is 15.5. The van der Waals surface area contributed by atoms with Crippen LogP contribution in [0.4, 0.5) is 5.69 Å². The third kappa shape index (κ3) is 4.18. The molecule has 5 nitrogen and oxygen atoms in total. The molecule has 1 amide bonds. The third-order valence-corrected chi connectivity index (χ3v) is 4.88. The number of halogens is 1. The van der Waals surface area contributed by atoms with Crippen molar-refractivity contribution in [1.29, 1.82) is 0 Å². The quantitative estimate of drug-likeness (QED) is 0.728. The Balaban J connectivity index is 1.89. The van der Waals surface area contributed by atoms with E-state index in [2.05, 4.69) is 26.2 Å². The molecule has 0 saturated carbocycles. The molecule has 126 valence electrons. The molecule has 3 rings (SSSR count). The summed E-state index contributed by atoms with van der Waals surface area (Å²) in [5.41, 5.74) is 2.41. The van der Waals surface area contributed by atoms with E-state index in [0.29, 0.717) is 15.8 Å². The Morgan fingerprint density at radius 2 is 2.08 bits per heavy atom. The number of benzene rings is 2. The van der Waals surface area contributed by atoms with E-state index in [4.69, 9.17) is 5.11 Å². The van der Waals surface area contributed by atoms with E-state index >= 15 is 0 Å². The van der Waals surface area contributed by atoms with Crippen LogP contribution in [0.1, 0.15) is 21.5 Å². The highest BCUT2D eigenvalue weighted by atomic mass is 79.9. The Morgan fingerprint density at radius 3 is 2.80 bits per heavy atom. The molecular weight excluding hydrogens is 404 g/mol. The Labute approximate surface area is 157 Å². The van der Waals surface area contributed by atoms with Gasteiger partial charge in [0.15, 0.2) is 5.17 Å². The smallest absolute Gasteiger partial charge is 0.335 e. The van der Waals surface area contributed by atoms with Crippen molar-refractivity contribution in [2.24, 2.45) is 4.99 Å². The van der Waals surface area contributed by atoms with Gasteiger partial charge in [-0.05, 0) is 60.2 Å². The molecule has 2 N–H and O–H groups in total. The molecule has 1 heterocycles. The van der Waals surface area contributed by atoms with Crippen LogP contribution in [0.2, 0.25) is 0 Å². The SMILES string of the molecule is Cc1ccc(C(=O)O)cc1N=C1NC(=O)/C(=C/c2cccc(Br)c2)S1. The molecular formula is C18H13BrN2O3S. The van der Waals surface area contributed by atoms with Gasteiger partial charge in [-0.25, -0.2) is 9.79 Å². The lowest BCUT2D eigenvalue weighted by Gasteiger charge is -2.03. The second-order valence-corrected chi connectivity index (χ2v) is 7.29. The minimum atomic E-state index is -1.01. The maximum Gasteiger partial charge on any atom is 0.335 e. The van der Waals surface area contributed by atoms with Crippen LogP contribution in [0.3, 0.4) is 0 Å². The average molecular weight is 417 g/mol. The van der Waals surface area contributed by atoms with Gasteiger partial charge in [-0.2, -0.15) is 0 Å². The molecule has 0 radical (unpaired) electrons. The maximum atomic E-state index is 12.1. The van der Waals surface area contributed by atoms with Gasteiger partial charge >= 0.3 is 5.97 Å². The molecule has 0 aromatic heterocycles. The molecule has 0 spiro atoms. The normalized spacial score (nSPS) is 17.1. The van der Waals surface area contributed by atoms with Gasteiger partial charge in [0.1, 0.15) is 0 Å². The molecule has 1 aliphatic heterocycles. The van der Waals surface area contributed by atoms with E-state index in [1.165, 1.54) is 23.9 Å². The predicted octanol–water partition coefficient (Wildman–Crippen LogP) is 4.35. The number of aryl methyl sites for hydroxylation is 1. The largest absolute Gasteiger partial charge is 0.478 e. The van der Waals surface area contributed by atoms with Crippen LogP contribution in [-0.2, 0) is 4.79 Å². The first kappa shape index (κ1) is 17.4. The number of nitrogens with one attached hydrogen (secondary N) is 1. The second-order valence-electron chi connectivity index (χ2n) is 5.34. The number of aromatic carboxylic acids is 1. The summed E-state index contributed by atoms with van der Waals surface area (Å²) in [5, 5.41) is 12.2. The topological polar surface area (TPSA) is 78.8 Å². The number of carboxylic acids is 1. The van der Waals surface area contributed by atoms with Gasteiger partial charge in [0.2, 0.25) is 0 Å². The van der Waals surface area contributed by atoms with Gasteiger partial charge in [0.05, 0.1) is 16.2 Å². The molecule has 25 heavy (non-hydrogen) atoms. The number of carbonyl (C=O) groups excluding carboxylic acids is 1. The molecule has 1 saturated heterocycles. The molecule has 2 aromatic rings. The van der Waals surface area contributed by atoms with Crippen molar-refractivity contribution >= 4 is 56.5 Å². The van der Waals surface area contributed by atoms with Crippen LogP contribution in [0.5, 0.6) is 0 Å². The van der Waals surface area contributed by atoms with Crippen molar-refractivity contribution in [2.75, 3.05) is 0 Å². The van der Waals surface area contributed by atoms with Gasteiger partial charge in [-0.1, -0.05) is 34.1 Å². The van der Waals surface area contributed by atoms with Gasteiger partial charge in [-0.3, -0.25) is 4.79 Å². The van der Waals surface area contributed by atoms with Crippen LogP contribution >= 0.6 is 27.7 Å². The monoisotopic (exact) mass is 416 g/mol. The molecule has 0 atom stereocenters. The molecule has 1 fully saturated rings. The van der Waals surface area contributed by atoms with E-state index < -0.39 is 5.97 Å². The first-order chi connectivity index (χ1) is 11.9. The lowest BCUT2D eigenvalue weighted by molar-refractivity contribution is -0.115. The van der Waals surface area contributed by atoms with Crippen LogP contribution in [0.25, 0.3) is 6.08 Å². The van der Waals surface area contributed by atoms with Gasteiger partial charge in [-0.15, -0.1) is 0 Å². The number of amidine groups is 1. The number of nitrogens with zero attached hydrogens (tertiary/aromatic N) is 1. The van der Waals surface area contributed by atoms with E-state index in [-0.39, 0.29) is 11.5 Å². The summed E-state index contributed by atoms with van der Waals surface area (Å²) in [7, 11) is 0. The summed E-state index contributed by atoms with van der Waals surface area (Å²) in [6, 6.07) is 12.3. The van der Waals surface area contributed by atoms with Crippen molar-refractivity contribution in [3.8, 4) is 0 Å². The molecule has 0 bridgehead atoms. The summed E-state index contributed by atoms with van der Waals surface area (Å²) in [6.07, 6.45) is 1.79. The van der Waals surface area contributed by atoms with Crippen LogP contribution in [0.15, 0.2) is 56.8 Å². The lowest BCUT2D eigenvalue weighted by atomic mass is 10.1. The van der Waals surface area contributed by atoms with Crippen molar-refractivity contribution in [1.82, 2.24) is 5.32 Å². The van der Waals surface area contributed by atoms with Crippen LogP contribution in [-0.4, -0.2) is 22.2 Å². The highest BCUT2D eigenvalue weighted by Gasteiger charge is 2.24. The summed E-state index contributed by atoms with van der Waals surface area (Å²) in [5.74, 6) is -1.24. The Bertz CT molecular complexity index is 938. The van der Waals surface area contributed by atoms with Gasteiger partial charge < -0.3 is 10.4 Å². The number of aliphatic imine (C=N–C) groups is 1. The van der Waals surface area contributed by atoms with Gasteiger partial charge in [0, 0.05) is 4.47 Å². The van der Waals surface area contributed by atoms with Crippen LogP contribution in [0, 0.1) is 6.92 Å². The van der Waals surface area contributed by atoms with Crippen molar-refractivity contribution in [3.63, 3.8) is 0 Å². The maximum absolute atomic E-state index is 12.1. The van der Waals surface area contributed by atoms with Gasteiger partial charge in [0.25, 0.3) is 5.91 Å². The van der Waals surface area contributed by atoms with Crippen molar-refractivity contribution in [2.45, 2.75) is 6.92 Å². The fraction of sp³-hybridized carbons (Fsp3) is 0.0556. The average Bonchev–Trinajstić information content (AvgIpc) is 2.89. The predicted molar refractivity (Wildman–Crippen MR) is 103 cm³/mol. The number of hydrogen-bond donors (Lipinski definition) is 2. The number of thioether (sulfide) groups is 1. The lowest BCUT2D eigenvalue weighted by Crippen LogP contribution is -2.19. The fourth-order valence-electron chi connectivity index (χ4n) is 2.20. The standard InChI is InChI=1S/C18H13BrN2O3S/c1-10-5-6-12(17(23)24)9-14(10)20-18-21-16(22)15(25-18)8-11-3-2-4-13(19)7-11/h2-9H,1H3,(H,23,24)(H,20,21,22)/b15-8-. The van der Waals surface area contributed by atoms with E-state index in [1.807, 2.05) is 31.2 Å². The van der Waals surface area contributed by atoms with Crippen LogP contribution < -0.4 is 5.32 Å². The molecule has 2 aromatic carbocycles. The first-order valence-electron chi connectivity index (χ1n) is 7.31. The number of carbonyl (C=O) groups is 2. The third-order valence-electron chi connectivity index (χ3n) is 3.48. The minimum Gasteiger partial charge on any atom is -0.478 e. The summed E-state index contributed by atoms with van der Waals surface area (Å²) in [4.78, 5) is 28.2. The highest BCUT2D eigenvalue weighted by Crippen LogP contribution is 2.30. The van der Waals surface area contributed by atoms with E-state index in [0.717, 1.165) is 15.6 Å². The number of rotatable bonds is 3.